The Bertz CT molecular complexity index is 354. The monoisotopic (exact) mass is 203 g/mol. The van der Waals surface area contributed by atoms with Crippen molar-refractivity contribution in [2.75, 3.05) is 13.1 Å². The second-order valence-corrected chi connectivity index (χ2v) is 4.09. The molecule has 1 fully saturated rings. The fourth-order valence-corrected chi connectivity index (χ4v) is 2.03. The number of piperidine rings is 1. The second-order valence-electron chi connectivity index (χ2n) is 4.09. The van der Waals surface area contributed by atoms with Gasteiger partial charge < -0.3 is 4.90 Å². The van der Waals surface area contributed by atoms with Crippen molar-refractivity contribution >= 4 is 5.84 Å². The van der Waals surface area contributed by atoms with Crippen LogP contribution in [0.1, 0.15) is 30.4 Å². The quantitative estimate of drug-likeness (QED) is 0.561. The third-order valence-corrected chi connectivity index (χ3v) is 2.95. The van der Waals surface area contributed by atoms with E-state index >= 15 is 0 Å². The van der Waals surface area contributed by atoms with Gasteiger partial charge in [-0.05, 0) is 37.8 Å². The van der Waals surface area contributed by atoms with Gasteiger partial charge in [-0.3, -0.25) is 10.4 Å². The summed E-state index contributed by atoms with van der Waals surface area (Å²) in [6.45, 7) is 4.07. The number of nitrogens with zero attached hydrogens (tertiary/aromatic N) is 2. The van der Waals surface area contributed by atoms with E-state index in [1.54, 1.807) is 6.20 Å². The molecule has 3 heteroatoms. The number of pyridine rings is 1. The SMILES string of the molecule is Cc1cnccc1C(=N)N1CCCCC1. The summed E-state index contributed by atoms with van der Waals surface area (Å²) in [4.78, 5) is 6.23. The Balaban J connectivity index is 2.16. The molecule has 0 unspecified atom stereocenters. The highest BCUT2D eigenvalue weighted by atomic mass is 15.2. The van der Waals surface area contributed by atoms with Crippen LogP contribution < -0.4 is 0 Å². The average Bonchev–Trinajstić information content (AvgIpc) is 2.30. The van der Waals surface area contributed by atoms with Gasteiger partial charge in [0.25, 0.3) is 0 Å². The van der Waals surface area contributed by atoms with Crippen LogP contribution in [-0.2, 0) is 0 Å². The van der Waals surface area contributed by atoms with Crippen molar-refractivity contribution < 1.29 is 0 Å². The molecule has 15 heavy (non-hydrogen) atoms. The zero-order chi connectivity index (χ0) is 10.7. The molecule has 1 N–H and O–H groups in total. The van der Waals surface area contributed by atoms with Crippen LogP contribution in [0.5, 0.6) is 0 Å². The van der Waals surface area contributed by atoms with Crippen LogP contribution in [0.2, 0.25) is 0 Å². The maximum atomic E-state index is 8.16. The predicted molar refractivity (Wildman–Crippen MR) is 61.2 cm³/mol. The number of nitrogens with one attached hydrogen (secondary N) is 1. The lowest BCUT2D eigenvalue weighted by Crippen LogP contribution is -2.36. The fourth-order valence-electron chi connectivity index (χ4n) is 2.03. The molecule has 0 bridgehead atoms. The van der Waals surface area contributed by atoms with E-state index in [-0.39, 0.29) is 0 Å². The summed E-state index contributed by atoms with van der Waals surface area (Å²) in [5.41, 5.74) is 2.11. The van der Waals surface area contributed by atoms with Crippen molar-refractivity contribution in [2.45, 2.75) is 26.2 Å². The molecule has 1 aliphatic rings. The first-order valence-electron chi connectivity index (χ1n) is 5.53. The highest BCUT2D eigenvalue weighted by molar-refractivity contribution is 5.97. The maximum Gasteiger partial charge on any atom is 0.128 e. The van der Waals surface area contributed by atoms with E-state index in [4.69, 9.17) is 5.41 Å². The van der Waals surface area contributed by atoms with Gasteiger partial charge in [0.2, 0.25) is 0 Å². The third kappa shape index (κ3) is 2.17. The zero-order valence-electron chi connectivity index (χ0n) is 9.16. The number of hydrogen-bond donors (Lipinski definition) is 1. The van der Waals surface area contributed by atoms with E-state index in [2.05, 4.69) is 9.88 Å². The van der Waals surface area contributed by atoms with Crippen LogP contribution in [0.25, 0.3) is 0 Å². The predicted octanol–water partition coefficient (Wildman–Crippen LogP) is 2.20. The smallest absolute Gasteiger partial charge is 0.128 e. The number of rotatable bonds is 1. The Kier molecular flexibility index (Phi) is 2.99. The second kappa shape index (κ2) is 4.43. The summed E-state index contributed by atoms with van der Waals surface area (Å²) < 4.78 is 0. The zero-order valence-corrected chi connectivity index (χ0v) is 9.16. The van der Waals surface area contributed by atoms with E-state index in [0.29, 0.717) is 5.84 Å². The minimum Gasteiger partial charge on any atom is -0.357 e. The molecule has 0 radical (unpaired) electrons. The molecular weight excluding hydrogens is 186 g/mol. The fraction of sp³-hybridized carbons (Fsp3) is 0.500. The molecule has 0 atom stereocenters. The first kappa shape index (κ1) is 10.1. The largest absolute Gasteiger partial charge is 0.357 e. The Labute approximate surface area is 90.6 Å². The molecule has 1 aliphatic heterocycles. The lowest BCUT2D eigenvalue weighted by molar-refractivity contribution is 0.341. The molecule has 2 rings (SSSR count). The topological polar surface area (TPSA) is 40.0 Å². The minimum atomic E-state index is 0.662. The third-order valence-electron chi connectivity index (χ3n) is 2.95. The summed E-state index contributed by atoms with van der Waals surface area (Å²) in [5, 5.41) is 8.16. The summed E-state index contributed by atoms with van der Waals surface area (Å²) in [5.74, 6) is 0.662. The van der Waals surface area contributed by atoms with Gasteiger partial charge in [-0.2, -0.15) is 0 Å². The van der Waals surface area contributed by atoms with Crippen molar-refractivity contribution in [2.24, 2.45) is 0 Å². The Morgan fingerprint density at radius 2 is 2.07 bits per heavy atom. The highest BCUT2D eigenvalue weighted by Crippen LogP contribution is 2.14. The normalized spacial score (nSPS) is 16.5. The Morgan fingerprint density at radius 3 is 2.73 bits per heavy atom. The molecule has 3 nitrogen and oxygen atoms in total. The van der Waals surface area contributed by atoms with Crippen LogP contribution in [0, 0.1) is 12.3 Å². The van der Waals surface area contributed by atoms with Gasteiger partial charge in [0.15, 0.2) is 0 Å². The summed E-state index contributed by atoms with van der Waals surface area (Å²) in [6.07, 6.45) is 7.33. The van der Waals surface area contributed by atoms with E-state index in [0.717, 1.165) is 24.2 Å². The molecule has 1 aromatic heterocycles. The summed E-state index contributed by atoms with van der Waals surface area (Å²) >= 11 is 0. The van der Waals surface area contributed by atoms with Crippen molar-refractivity contribution in [1.29, 1.82) is 5.41 Å². The minimum absolute atomic E-state index is 0.662. The molecule has 1 saturated heterocycles. The van der Waals surface area contributed by atoms with Gasteiger partial charge in [-0.25, -0.2) is 0 Å². The summed E-state index contributed by atoms with van der Waals surface area (Å²) in [6, 6.07) is 1.94. The first-order chi connectivity index (χ1) is 7.29. The van der Waals surface area contributed by atoms with Gasteiger partial charge in [-0.15, -0.1) is 0 Å². The van der Waals surface area contributed by atoms with Crippen LogP contribution in [0.4, 0.5) is 0 Å². The standard InChI is InChI=1S/C12H17N3/c1-10-9-14-6-5-11(10)12(13)15-7-3-2-4-8-15/h5-6,9,13H,2-4,7-8H2,1H3. The Morgan fingerprint density at radius 1 is 1.33 bits per heavy atom. The molecule has 0 saturated carbocycles. The van der Waals surface area contributed by atoms with Gasteiger partial charge in [0.1, 0.15) is 5.84 Å². The maximum absolute atomic E-state index is 8.16. The molecule has 1 aromatic rings. The van der Waals surface area contributed by atoms with Gasteiger partial charge in [-0.1, -0.05) is 0 Å². The van der Waals surface area contributed by atoms with Crippen LogP contribution >= 0.6 is 0 Å². The Hall–Kier alpha value is -1.38. The molecule has 2 heterocycles. The van der Waals surface area contributed by atoms with Crippen LogP contribution in [0.3, 0.4) is 0 Å². The number of likely N-dealkylation sites (tertiary alicyclic amines) is 1. The number of amidine groups is 1. The van der Waals surface area contributed by atoms with E-state index in [9.17, 15) is 0 Å². The number of aromatic nitrogens is 1. The van der Waals surface area contributed by atoms with Crippen LogP contribution in [-0.4, -0.2) is 28.8 Å². The molecule has 80 valence electrons. The van der Waals surface area contributed by atoms with Gasteiger partial charge in [0.05, 0.1) is 0 Å². The van der Waals surface area contributed by atoms with E-state index in [1.807, 2.05) is 19.2 Å². The first-order valence-corrected chi connectivity index (χ1v) is 5.53. The lowest BCUT2D eigenvalue weighted by atomic mass is 10.1. The molecule has 0 aromatic carbocycles. The van der Waals surface area contributed by atoms with Gasteiger partial charge >= 0.3 is 0 Å². The van der Waals surface area contributed by atoms with Crippen molar-refractivity contribution in [1.82, 2.24) is 9.88 Å². The molecule has 0 aliphatic carbocycles. The lowest BCUT2D eigenvalue weighted by Gasteiger charge is -2.29. The molecular formula is C12H17N3. The van der Waals surface area contributed by atoms with Crippen molar-refractivity contribution in [3.05, 3.63) is 29.6 Å². The number of aryl methyl sites for hydroxylation is 1. The summed E-state index contributed by atoms with van der Waals surface area (Å²) in [7, 11) is 0. The number of hydrogen-bond acceptors (Lipinski definition) is 2. The van der Waals surface area contributed by atoms with E-state index < -0.39 is 0 Å². The van der Waals surface area contributed by atoms with Gasteiger partial charge in [0, 0.05) is 31.0 Å². The van der Waals surface area contributed by atoms with Crippen molar-refractivity contribution in [3.63, 3.8) is 0 Å². The van der Waals surface area contributed by atoms with Crippen LogP contribution in [0.15, 0.2) is 18.5 Å². The van der Waals surface area contributed by atoms with Crippen molar-refractivity contribution in [3.8, 4) is 0 Å². The average molecular weight is 203 g/mol. The molecule has 0 amide bonds. The molecule has 0 spiro atoms. The highest BCUT2D eigenvalue weighted by Gasteiger charge is 2.15. The van der Waals surface area contributed by atoms with E-state index in [1.165, 1.54) is 19.3 Å².